The lowest BCUT2D eigenvalue weighted by Crippen LogP contribution is -2.47. The predicted molar refractivity (Wildman–Crippen MR) is 103 cm³/mol. The average Bonchev–Trinajstić information content (AvgIpc) is 2.69. The quantitative estimate of drug-likeness (QED) is 0.687. The van der Waals surface area contributed by atoms with Crippen LogP contribution >= 0.6 is 0 Å². The van der Waals surface area contributed by atoms with Crippen LogP contribution in [0.25, 0.3) is 0 Å². The maximum Gasteiger partial charge on any atom is 0.256 e. The van der Waals surface area contributed by atoms with Crippen molar-refractivity contribution in [2.24, 2.45) is 5.92 Å². The van der Waals surface area contributed by atoms with Crippen molar-refractivity contribution in [3.8, 4) is 0 Å². The number of unbranched alkanes of at least 4 members (excludes halogenated alkanes) is 3. The Hall–Kier alpha value is -1.88. The van der Waals surface area contributed by atoms with Gasteiger partial charge in [0.05, 0.1) is 5.92 Å². The van der Waals surface area contributed by atoms with Gasteiger partial charge in [0.15, 0.2) is 6.10 Å². The molecule has 0 aliphatic carbocycles. The number of likely N-dealkylation sites (tertiary alicyclic amines) is 1. The zero-order valence-corrected chi connectivity index (χ0v) is 16.1. The molecule has 5 heteroatoms. The highest BCUT2D eigenvalue weighted by Gasteiger charge is 2.32. The van der Waals surface area contributed by atoms with Gasteiger partial charge in [-0.2, -0.15) is 0 Å². The summed E-state index contributed by atoms with van der Waals surface area (Å²) in [5, 5.41) is 3.04. The van der Waals surface area contributed by atoms with Gasteiger partial charge in [-0.05, 0) is 24.8 Å². The minimum atomic E-state index is -0.605. The number of carbonyl (C=O) groups excluding carboxylic acids is 2. The van der Waals surface area contributed by atoms with E-state index in [2.05, 4.69) is 12.2 Å². The Balaban J connectivity index is 1.88. The number of amides is 2. The summed E-state index contributed by atoms with van der Waals surface area (Å²) in [7, 11) is 1.56. The van der Waals surface area contributed by atoms with E-state index in [1.807, 2.05) is 30.3 Å². The molecule has 144 valence electrons. The molecule has 2 amide bonds. The molecule has 0 bridgehead atoms. The van der Waals surface area contributed by atoms with Crippen LogP contribution < -0.4 is 5.32 Å². The Morgan fingerprint density at radius 1 is 1.23 bits per heavy atom. The Kier molecular flexibility index (Phi) is 8.62. The van der Waals surface area contributed by atoms with Crippen LogP contribution in [0.5, 0.6) is 0 Å². The van der Waals surface area contributed by atoms with Gasteiger partial charge in [-0.1, -0.05) is 56.5 Å². The molecule has 1 aliphatic heterocycles. The number of methoxy groups -OCH3 is 1. The van der Waals surface area contributed by atoms with E-state index < -0.39 is 6.10 Å². The van der Waals surface area contributed by atoms with Crippen molar-refractivity contribution in [1.29, 1.82) is 0 Å². The number of carbonyl (C=O) groups is 2. The molecule has 1 saturated heterocycles. The van der Waals surface area contributed by atoms with E-state index in [9.17, 15) is 9.59 Å². The fourth-order valence-corrected chi connectivity index (χ4v) is 3.47. The van der Waals surface area contributed by atoms with E-state index in [0.29, 0.717) is 13.1 Å². The van der Waals surface area contributed by atoms with E-state index >= 15 is 0 Å². The van der Waals surface area contributed by atoms with Gasteiger partial charge in [-0.25, -0.2) is 0 Å². The lowest BCUT2D eigenvalue weighted by molar-refractivity contribution is -0.145. The van der Waals surface area contributed by atoms with Crippen LogP contribution in [0, 0.1) is 5.92 Å². The molecular weight excluding hydrogens is 328 g/mol. The van der Waals surface area contributed by atoms with Crippen LogP contribution in [0.15, 0.2) is 30.3 Å². The van der Waals surface area contributed by atoms with Crippen molar-refractivity contribution in [2.45, 2.75) is 51.6 Å². The second kappa shape index (κ2) is 11.0. The molecule has 2 rings (SSSR count). The van der Waals surface area contributed by atoms with Crippen LogP contribution in [0.1, 0.15) is 57.1 Å². The minimum absolute atomic E-state index is 0.0563. The lowest BCUT2D eigenvalue weighted by atomic mass is 9.96. The van der Waals surface area contributed by atoms with Gasteiger partial charge >= 0.3 is 0 Å². The molecule has 0 radical (unpaired) electrons. The molecule has 0 spiro atoms. The summed E-state index contributed by atoms with van der Waals surface area (Å²) in [4.78, 5) is 27.1. The number of nitrogens with one attached hydrogen (secondary N) is 1. The summed E-state index contributed by atoms with van der Waals surface area (Å²) < 4.78 is 5.46. The van der Waals surface area contributed by atoms with Crippen LogP contribution in [0.4, 0.5) is 0 Å². The van der Waals surface area contributed by atoms with Gasteiger partial charge < -0.3 is 15.0 Å². The largest absolute Gasteiger partial charge is 0.367 e. The zero-order valence-electron chi connectivity index (χ0n) is 16.1. The predicted octanol–water partition coefficient (Wildman–Crippen LogP) is 3.31. The number of piperidine rings is 1. The highest BCUT2D eigenvalue weighted by molar-refractivity contribution is 5.84. The molecule has 2 unspecified atom stereocenters. The standard InChI is InChI=1S/C21H32N2O3/c1-3-4-5-9-14-22-20(24)18-13-10-15-23(16-18)21(25)19(26-2)17-11-7-6-8-12-17/h6-8,11-12,18-19H,3-5,9-10,13-16H2,1-2H3,(H,22,24). The lowest BCUT2D eigenvalue weighted by Gasteiger charge is -2.34. The molecule has 0 saturated carbocycles. The SMILES string of the molecule is CCCCCCNC(=O)C1CCCN(C(=O)C(OC)c2ccccc2)C1. The van der Waals surface area contributed by atoms with E-state index in [1.165, 1.54) is 12.8 Å². The minimum Gasteiger partial charge on any atom is -0.367 e. The third kappa shape index (κ3) is 5.84. The van der Waals surface area contributed by atoms with Crippen molar-refractivity contribution in [1.82, 2.24) is 10.2 Å². The number of ether oxygens (including phenoxy) is 1. The molecule has 1 fully saturated rings. The van der Waals surface area contributed by atoms with Gasteiger partial charge in [0.1, 0.15) is 0 Å². The molecule has 0 aromatic heterocycles. The summed E-state index contributed by atoms with van der Waals surface area (Å²) in [6.07, 6.45) is 5.66. The number of benzene rings is 1. The number of nitrogens with zero attached hydrogens (tertiary/aromatic N) is 1. The van der Waals surface area contributed by atoms with Crippen LogP contribution in [-0.2, 0) is 14.3 Å². The molecule has 26 heavy (non-hydrogen) atoms. The van der Waals surface area contributed by atoms with Gasteiger partial charge in [-0.15, -0.1) is 0 Å². The number of hydrogen-bond acceptors (Lipinski definition) is 3. The third-order valence-corrected chi connectivity index (χ3v) is 5.00. The van der Waals surface area contributed by atoms with E-state index in [1.54, 1.807) is 12.0 Å². The Bertz CT molecular complexity index is 562. The smallest absolute Gasteiger partial charge is 0.256 e. The summed E-state index contributed by atoms with van der Waals surface area (Å²) in [6.45, 7) is 4.07. The molecule has 1 aliphatic rings. The Morgan fingerprint density at radius 2 is 2.00 bits per heavy atom. The van der Waals surface area contributed by atoms with Gasteiger partial charge in [0.25, 0.3) is 5.91 Å². The Morgan fingerprint density at radius 3 is 2.69 bits per heavy atom. The molecule has 1 aromatic carbocycles. The van der Waals surface area contributed by atoms with Crippen molar-refractivity contribution < 1.29 is 14.3 Å². The summed E-state index contributed by atoms with van der Waals surface area (Å²) >= 11 is 0. The summed E-state index contributed by atoms with van der Waals surface area (Å²) in [6, 6.07) is 9.52. The van der Waals surface area contributed by atoms with Gasteiger partial charge in [0.2, 0.25) is 5.91 Å². The second-order valence-corrected chi connectivity index (χ2v) is 7.00. The molecule has 1 aromatic rings. The molecule has 1 heterocycles. The first-order valence-corrected chi connectivity index (χ1v) is 9.81. The van der Waals surface area contributed by atoms with Crippen molar-refractivity contribution >= 4 is 11.8 Å². The number of rotatable bonds is 9. The van der Waals surface area contributed by atoms with E-state index in [-0.39, 0.29) is 17.7 Å². The second-order valence-electron chi connectivity index (χ2n) is 7.00. The fraction of sp³-hybridized carbons (Fsp3) is 0.619. The number of hydrogen-bond donors (Lipinski definition) is 1. The van der Waals surface area contributed by atoms with E-state index in [4.69, 9.17) is 4.74 Å². The summed E-state index contributed by atoms with van der Waals surface area (Å²) in [5.41, 5.74) is 0.850. The first-order chi connectivity index (χ1) is 12.7. The van der Waals surface area contributed by atoms with E-state index in [0.717, 1.165) is 37.8 Å². The van der Waals surface area contributed by atoms with Gasteiger partial charge in [0, 0.05) is 26.7 Å². The maximum absolute atomic E-state index is 12.9. The topological polar surface area (TPSA) is 58.6 Å². The molecular formula is C21H32N2O3. The maximum atomic E-state index is 12.9. The van der Waals surface area contributed by atoms with Crippen molar-refractivity contribution in [2.75, 3.05) is 26.7 Å². The first kappa shape index (κ1) is 20.4. The normalized spacial score (nSPS) is 18.4. The molecule has 2 atom stereocenters. The molecule has 5 nitrogen and oxygen atoms in total. The van der Waals surface area contributed by atoms with Crippen molar-refractivity contribution in [3.63, 3.8) is 0 Å². The highest BCUT2D eigenvalue weighted by Crippen LogP contribution is 2.24. The average molecular weight is 360 g/mol. The van der Waals surface area contributed by atoms with Crippen molar-refractivity contribution in [3.05, 3.63) is 35.9 Å². The fourth-order valence-electron chi connectivity index (χ4n) is 3.47. The monoisotopic (exact) mass is 360 g/mol. The Labute approximate surface area is 157 Å². The van der Waals surface area contributed by atoms with Crippen LogP contribution in [0.2, 0.25) is 0 Å². The first-order valence-electron chi connectivity index (χ1n) is 9.81. The van der Waals surface area contributed by atoms with Gasteiger partial charge in [-0.3, -0.25) is 9.59 Å². The van der Waals surface area contributed by atoms with Crippen LogP contribution in [-0.4, -0.2) is 43.5 Å². The highest BCUT2D eigenvalue weighted by atomic mass is 16.5. The molecule has 1 N–H and O–H groups in total. The third-order valence-electron chi connectivity index (χ3n) is 5.00. The zero-order chi connectivity index (χ0) is 18.8. The van der Waals surface area contributed by atoms with Crippen LogP contribution in [0.3, 0.4) is 0 Å². The summed E-state index contributed by atoms with van der Waals surface area (Å²) in [5.74, 6) is -0.0982.